The molecule has 0 saturated carbocycles. The van der Waals surface area contributed by atoms with Gasteiger partial charge in [0.1, 0.15) is 12.4 Å². The van der Waals surface area contributed by atoms with Crippen LogP contribution in [0.5, 0.6) is 5.75 Å². The molecule has 2 aromatic carbocycles. The van der Waals surface area contributed by atoms with Crippen LogP contribution in [-0.4, -0.2) is 46.6 Å². The maximum absolute atomic E-state index is 13.9. The van der Waals surface area contributed by atoms with Gasteiger partial charge in [0.15, 0.2) is 11.6 Å². The Kier molecular flexibility index (Phi) is 6.50. The molecule has 1 N–H and O–H groups in total. The molecule has 0 aromatic heterocycles. The van der Waals surface area contributed by atoms with E-state index < -0.39 is 34.5 Å². The molecule has 0 radical (unpaired) electrons. The Morgan fingerprint density at radius 2 is 1.71 bits per heavy atom. The van der Waals surface area contributed by atoms with E-state index in [9.17, 15) is 29.3 Å². The van der Waals surface area contributed by atoms with Crippen LogP contribution in [0.15, 0.2) is 83.0 Å². The van der Waals surface area contributed by atoms with E-state index in [1.54, 1.807) is 19.1 Å². The number of nitro benzene ring substituents is 1. The Hall–Kier alpha value is -4.70. The van der Waals surface area contributed by atoms with E-state index in [1.165, 1.54) is 30.3 Å². The number of hydrogen-bond acceptors (Lipinski definition) is 8. The summed E-state index contributed by atoms with van der Waals surface area (Å²) in [6.07, 6.45) is 3.73. The number of hydrogen-bond donors (Lipinski definition) is 1. The molecule has 4 aliphatic rings. The standard InChI is InChI=1S/C31H26N2O8/c1-16-14-25(35)24-15-23-21(26(28(24)29(16)36)17-2-8-20(9-3-17)41-13-12-34)10-11-22-27(23)31(38)32(30(22)37)18-4-6-19(7-5-18)33(39)40/h2-10,14,22-23,26-27,34H,11-13,15H2,1H3/t22-,23+,26-,27-/m0/s1. The SMILES string of the molecule is CC1=CC(=O)C2=C(C1=O)[C@@H](c1ccc(OCCO)cc1)C1=CC[C@@H]3C(=O)N(c4ccc([N+](=O)[O-])cc4)C(=O)[C@@H]3[C@@H]1C2. The maximum Gasteiger partial charge on any atom is 0.269 e. The number of non-ortho nitro benzene ring substituents is 1. The van der Waals surface area contributed by atoms with E-state index in [-0.39, 0.29) is 48.5 Å². The van der Waals surface area contributed by atoms with Crippen molar-refractivity contribution in [3.63, 3.8) is 0 Å². The predicted molar refractivity (Wildman–Crippen MR) is 146 cm³/mol. The topological polar surface area (TPSA) is 144 Å². The van der Waals surface area contributed by atoms with E-state index in [1.807, 2.05) is 18.2 Å². The summed E-state index contributed by atoms with van der Waals surface area (Å²) in [5.74, 6) is -3.18. The third-order valence-corrected chi connectivity index (χ3v) is 8.46. The second kappa shape index (κ2) is 10.0. The number of aliphatic hydroxyl groups is 1. The first-order valence-electron chi connectivity index (χ1n) is 13.4. The summed E-state index contributed by atoms with van der Waals surface area (Å²) in [4.78, 5) is 65.8. The van der Waals surface area contributed by atoms with Gasteiger partial charge in [0.05, 0.1) is 29.1 Å². The molecule has 1 fully saturated rings. The number of rotatable bonds is 6. The highest BCUT2D eigenvalue weighted by Crippen LogP contribution is 2.55. The average Bonchev–Trinajstić information content (AvgIpc) is 3.23. The molecule has 2 aromatic rings. The van der Waals surface area contributed by atoms with Crippen LogP contribution in [-0.2, 0) is 19.2 Å². The zero-order valence-corrected chi connectivity index (χ0v) is 22.1. The van der Waals surface area contributed by atoms with Gasteiger partial charge in [-0.1, -0.05) is 23.8 Å². The molecule has 41 heavy (non-hydrogen) atoms. The van der Waals surface area contributed by atoms with Crippen molar-refractivity contribution in [1.82, 2.24) is 0 Å². The van der Waals surface area contributed by atoms with Gasteiger partial charge in [-0.3, -0.25) is 34.2 Å². The van der Waals surface area contributed by atoms with Crippen LogP contribution in [0.4, 0.5) is 11.4 Å². The Balaban J connectivity index is 1.41. The van der Waals surface area contributed by atoms with E-state index in [0.29, 0.717) is 28.9 Å². The molecule has 10 nitrogen and oxygen atoms in total. The van der Waals surface area contributed by atoms with Crippen LogP contribution >= 0.6 is 0 Å². The summed E-state index contributed by atoms with van der Waals surface area (Å²) in [7, 11) is 0. The van der Waals surface area contributed by atoms with Crippen molar-refractivity contribution in [2.24, 2.45) is 17.8 Å². The largest absolute Gasteiger partial charge is 0.491 e. The van der Waals surface area contributed by atoms with Crippen molar-refractivity contribution in [2.45, 2.75) is 25.7 Å². The number of nitrogens with zero attached hydrogens (tertiary/aromatic N) is 2. The summed E-state index contributed by atoms with van der Waals surface area (Å²) < 4.78 is 5.49. The van der Waals surface area contributed by atoms with Crippen LogP contribution < -0.4 is 9.64 Å². The number of benzene rings is 2. The summed E-state index contributed by atoms with van der Waals surface area (Å²) >= 11 is 0. The van der Waals surface area contributed by atoms with Crippen molar-refractivity contribution in [2.75, 3.05) is 18.1 Å². The van der Waals surface area contributed by atoms with Gasteiger partial charge in [0.25, 0.3) is 5.69 Å². The molecule has 4 atom stereocenters. The number of aliphatic hydroxyl groups excluding tert-OH is 1. The van der Waals surface area contributed by atoms with Crippen molar-refractivity contribution < 1.29 is 33.9 Å². The number of carbonyl (C=O) groups is 4. The Labute approximate surface area is 234 Å². The van der Waals surface area contributed by atoms with Gasteiger partial charge in [-0.15, -0.1) is 0 Å². The predicted octanol–water partition coefficient (Wildman–Crippen LogP) is 3.60. The minimum absolute atomic E-state index is 0.132. The summed E-state index contributed by atoms with van der Waals surface area (Å²) in [5, 5.41) is 20.2. The lowest BCUT2D eigenvalue weighted by atomic mass is 9.59. The van der Waals surface area contributed by atoms with Gasteiger partial charge >= 0.3 is 0 Å². The number of ketones is 2. The molecular formula is C31H26N2O8. The van der Waals surface area contributed by atoms with E-state index >= 15 is 0 Å². The molecule has 0 spiro atoms. The number of carbonyl (C=O) groups excluding carboxylic acids is 4. The Bertz CT molecular complexity index is 1600. The van der Waals surface area contributed by atoms with Crippen LogP contribution in [0.1, 0.15) is 31.2 Å². The van der Waals surface area contributed by atoms with Gasteiger partial charge in [-0.25, -0.2) is 0 Å². The molecule has 2 amide bonds. The first-order chi connectivity index (χ1) is 19.7. The molecule has 1 aliphatic heterocycles. The lowest BCUT2D eigenvalue weighted by Gasteiger charge is -2.42. The van der Waals surface area contributed by atoms with E-state index in [0.717, 1.165) is 16.0 Å². The summed E-state index contributed by atoms with van der Waals surface area (Å²) in [5.41, 5.74) is 2.81. The lowest BCUT2D eigenvalue weighted by Crippen LogP contribution is -2.39. The normalized spacial score (nSPS) is 25.4. The molecule has 0 unspecified atom stereocenters. The van der Waals surface area contributed by atoms with Crippen molar-refractivity contribution in [1.29, 1.82) is 0 Å². The number of allylic oxidation sites excluding steroid dienone is 6. The van der Waals surface area contributed by atoms with Gasteiger partial charge in [-0.2, -0.15) is 0 Å². The van der Waals surface area contributed by atoms with Crippen LogP contribution in [0.2, 0.25) is 0 Å². The quantitative estimate of drug-likeness (QED) is 0.188. The van der Waals surface area contributed by atoms with Crippen molar-refractivity contribution in [3.05, 3.63) is 98.7 Å². The monoisotopic (exact) mass is 554 g/mol. The number of ether oxygens (including phenoxy) is 1. The molecule has 0 bridgehead atoms. The molecular weight excluding hydrogens is 528 g/mol. The minimum Gasteiger partial charge on any atom is -0.491 e. The van der Waals surface area contributed by atoms with Crippen LogP contribution in [0.25, 0.3) is 0 Å². The smallest absolute Gasteiger partial charge is 0.269 e. The average molecular weight is 555 g/mol. The van der Waals surface area contributed by atoms with Crippen molar-refractivity contribution in [3.8, 4) is 5.75 Å². The number of amides is 2. The number of nitro groups is 1. The first-order valence-corrected chi connectivity index (χ1v) is 13.4. The zero-order valence-electron chi connectivity index (χ0n) is 22.1. The zero-order chi connectivity index (χ0) is 29.0. The minimum atomic E-state index is -0.740. The highest BCUT2D eigenvalue weighted by atomic mass is 16.6. The van der Waals surface area contributed by atoms with Gasteiger partial charge in [0, 0.05) is 34.8 Å². The van der Waals surface area contributed by atoms with Crippen LogP contribution in [0, 0.1) is 27.9 Å². The number of anilines is 1. The molecule has 1 saturated heterocycles. The number of imide groups is 1. The maximum atomic E-state index is 13.9. The van der Waals surface area contributed by atoms with Gasteiger partial charge in [0.2, 0.25) is 11.8 Å². The summed E-state index contributed by atoms with van der Waals surface area (Å²) in [6.45, 7) is 1.61. The Morgan fingerprint density at radius 1 is 1.00 bits per heavy atom. The second-order valence-corrected chi connectivity index (χ2v) is 10.7. The lowest BCUT2D eigenvalue weighted by molar-refractivity contribution is -0.384. The molecule has 3 aliphatic carbocycles. The second-order valence-electron chi connectivity index (χ2n) is 10.7. The summed E-state index contributed by atoms with van der Waals surface area (Å²) in [6, 6.07) is 12.4. The molecule has 208 valence electrons. The number of Topliss-reactive ketones (excluding diaryl/α,β-unsaturated/α-hetero) is 1. The molecule has 1 heterocycles. The fraction of sp³-hybridized carbons (Fsp3) is 0.290. The highest BCUT2D eigenvalue weighted by molar-refractivity contribution is 6.25. The van der Waals surface area contributed by atoms with Crippen molar-refractivity contribution >= 4 is 34.8 Å². The molecule has 10 heteroatoms. The van der Waals surface area contributed by atoms with E-state index in [2.05, 4.69) is 0 Å². The third kappa shape index (κ3) is 4.22. The van der Waals surface area contributed by atoms with Gasteiger partial charge in [-0.05, 0) is 61.6 Å². The Morgan fingerprint density at radius 3 is 2.37 bits per heavy atom. The van der Waals surface area contributed by atoms with Gasteiger partial charge < -0.3 is 9.84 Å². The highest BCUT2D eigenvalue weighted by Gasteiger charge is 2.56. The van der Waals surface area contributed by atoms with E-state index in [4.69, 9.17) is 9.84 Å². The fourth-order valence-corrected chi connectivity index (χ4v) is 6.64. The number of fused-ring (bicyclic) bond motifs is 3. The fourth-order valence-electron chi connectivity index (χ4n) is 6.64. The molecule has 6 rings (SSSR count). The third-order valence-electron chi connectivity index (χ3n) is 8.46. The first kappa shape index (κ1) is 26.5. The van der Waals surface area contributed by atoms with Crippen LogP contribution in [0.3, 0.4) is 0 Å².